The van der Waals surface area contributed by atoms with Crippen LogP contribution >= 0.6 is 0 Å². The van der Waals surface area contributed by atoms with Crippen LogP contribution in [0, 0.1) is 0 Å². The summed E-state index contributed by atoms with van der Waals surface area (Å²) in [6.45, 7) is 3.22. The molecule has 7 heteroatoms. The number of piperidine rings is 1. The summed E-state index contributed by atoms with van der Waals surface area (Å²) in [5.74, 6) is 1.75. The molecule has 0 bridgehead atoms. The van der Waals surface area contributed by atoms with E-state index in [1.54, 1.807) is 20.4 Å². The smallest absolute Gasteiger partial charge is 0.250 e. The SMILES string of the molecule is CNC(=O)[C@@H]1Cn2ccnc2C2(CCN(Cc3ccc(OC)cc3)CC2)O1. The summed E-state index contributed by atoms with van der Waals surface area (Å²) in [5, 5.41) is 2.71. The average molecular weight is 370 g/mol. The quantitative estimate of drug-likeness (QED) is 0.884. The molecule has 1 spiro atoms. The molecule has 144 valence electrons. The van der Waals surface area contributed by atoms with Crippen LogP contribution in [-0.4, -0.2) is 53.7 Å². The van der Waals surface area contributed by atoms with Crippen LogP contribution in [0.2, 0.25) is 0 Å². The van der Waals surface area contributed by atoms with Gasteiger partial charge >= 0.3 is 0 Å². The molecule has 1 atom stereocenters. The lowest BCUT2D eigenvalue weighted by atomic mass is 9.88. The number of nitrogens with zero attached hydrogens (tertiary/aromatic N) is 3. The molecule has 27 heavy (non-hydrogen) atoms. The first-order valence-corrected chi connectivity index (χ1v) is 9.40. The predicted molar refractivity (Wildman–Crippen MR) is 100 cm³/mol. The minimum atomic E-state index is -0.477. The first-order chi connectivity index (χ1) is 13.1. The fourth-order valence-corrected chi connectivity index (χ4v) is 4.10. The van der Waals surface area contributed by atoms with Gasteiger partial charge in [0.1, 0.15) is 17.2 Å². The molecule has 1 amide bonds. The number of carbonyl (C=O) groups is 1. The summed E-state index contributed by atoms with van der Waals surface area (Å²) in [6, 6.07) is 8.20. The molecular weight excluding hydrogens is 344 g/mol. The molecule has 0 unspecified atom stereocenters. The zero-order valence-electron chi connectivity index (χ0n) is 15.9. The van der Waals surface area contributed by atoms with E-state index >= 15 is 0 Å². The van der Waals surface area contributed by atoms with E-state index in [0.29, 0.717) is 6.54 Å². The molecule has 2 aromatic rings. The number of aromatic nitrogens is 2. The Hall–Kier alpha value is -2.38. The van der Waals surface area contributed by atoms with Crippen molar-refractivity contribution in [2.45, 2.75) is 37.6 Å². The molecule has 7 nitrogen and oxygen atoms in total. The maximum Gasteiger partial charge on any atom is 0.250 e. The first-order valence-electron chi connectivity index (χ1n) is 9.40. The van der Waals surface area contributed by atoms with E-state index in [9.17, 15) is 4.79 Å². The van der Waals surface area contributed by atoms with Crippen molar-refractivity contribution in [2.24, 2.45) is 0 Å². The Morgan fingerprint density at radius 3 is 2.74 bits per heavy atom. The number of rotatable bonds is 4. The summed E-state index contributed by atoms with van der Waals surface area (Å²) in [6.07, 6.45) is 4.93. The Morgan fingerprint density at radius 2 is 2.07 bits per heavy atom. The van der Waals surface area contributed by atoms with Crippen molar-refractivity contribution in [3.05, 3.63) is 48.0 Å². The van der Waals surface area contributed by atoms with Crippen molar-refractivity contribution in [1.82, 2.24) is 19.8 Å². The number of hydrogen-bond acceptors (Lipinski definition) is 5. The van der Waals surface area contributed by atoms with Crippen molar-refractivity contribution >= 4 is 5.91 Å². The molecule has 1 fully saturated rings. The van der Waals surface area contributed by atoms with Crippen LogP contribution in [-0.2, 0) is 28.2 Å². The number of nitrogens with one attached hydrogen (secondary N) is 1. The van der Waals surface area contributed by atoms with E-state index in [4.69, 9.17) is 9.47 Å². The Kier molecular flexibility index (Phi) is 4.88. The molecule has 2 aliphatic rings. The zero-order valence-corrected chi connectivity index (χ0v) is 15.9. The van der Waals surface area contributed by atoms with Gasteiger partial charge in [-0.05, 0) is 30.5 Å². The normalized spacial score (nSPS) is 21.6. The predicted octanol–water partition coefficient (Wildman–Crippen LogP) is 1.53. The lowest BCUT2D eigenvalue weighted by molar-refractivity contribution is -0.173. The third-order valence-corrected chi connectivity index (χ3v) is 5.62. The van der Waals surface area contributed by atoms with E-state index in [-0.39, 0.29) is 5.91 Å². The summed E-state index contributed by atoms with van der Waals surface area (Å²) in [4.78, 5) is 19.2. The second kappa shape index (κ2) is 7.32. The van der Waals surface area contributed by atoms with E-state index in [2.05, 4.69) is 31.9 Å². The van der Waals surface area contributed by atoms with Crippen LogP contribution in [0.15, 0.2) is 36.7 Å². The van der Waals surface area contributed by atoms with Crippen molar-refractivity contribution in [3.63, 3.8) is 0 Å². The van der Waals surface area contributed by atoms with Crippen LogP contribution < -0.4 is 10.1 Å². The van der Waals surface area contributed by atoms with E-state index in [0.717, 1.165) is 44.0 Å². The molecule has 1 N–H and O–H groups in total. The van der Waals surface area contributed by atoms with Gasteiger partial charge in [0.05, 0.1) is 13.7 Å². The largest absolute Gasteiger partial charge is 0.497 e. The van der Waals surface area contributed by atoms with Gasteiger partial charge in [0.25, 0.3) is 5.91 Å². The molecular formula is C20H26N4O3. The number of imidazole rings is 1. The number of amides is 1. The molecule has 1 aromatic carbocycles. The van der Waals surface area contributed by atoms with E-state index < -0.39 is 11.7 Å². The summed E-state index contributed by atoms with van der Waals surface area (Å²) < 4.78 is 13.6. The number of ether oxygens (including phenoxy) is 2. The number of hydrogen-bond donors (Lipinski definition) is 1. The van der Waals surface area contributed by atoms with Crippen LogP contribution in [0.4, 0.5) is 0 Å². The number of benzene rings is 1. The molecule has 0 radical (unpaired) electrons. The van der Waals surface area contributed by atoms with Gasteiger partial charge in [-0.3, -0.25) is 9.69 Å². The van der Waals surface area contributed by atoms with Crippen molar-refractivity contribution < 1.29 is 14.3 Å². The van der Waals surface area contributed by atoms with Gasteiger partial charge in [0.15, 0.2) is 6.10 Å². The molecule has 1 aromatic heterocycles. The highest BCUT2D eigenvalue weighted by molar-refractivity contribution is 5.80. The number of fused-ring (bicyclic) bond motifs is 2. The standard InChI is InChI=1S/C20H26N4O3/c1-21-18(25)17-14-24-12-9-22-19(24)20(27-17)7-10-23(11-8-20)13-15-3-5-16(26-2)6-4-15/h3-6,9,12,17H,7-8,10-11,13-14H2,1-2H3,(H,21,25)/t17-/m0/s1. The van der Waals surface area contributed by atoms with Gasteiger partial charge in [-0.2, -0.15) is 0 Å². The maximum absolute atomic E-state index is 12.2. The second-order valence-electron chi connectivity index (χ2n) is 7.24. The van der Waals surface area contributed by atoms with Crippen molar-refractivity contribution in [1.29, 1.82) is 0 Å². The van der Waals surface area contributed by atoms with Crippen molar-refractivity contribution in [3.8, 4) is 5.75 Å². The summed E-state index contributed by atoms with van der Waals surface area (Å²) >= 11 is 0. The fourth-order valence-electron chi connectivity index (χ4n) is 4.10. The lowest BCUT2D eigenvalue weighted by Crippen LogP contribution is -2.53. The maximum atomic E-state index is 12.2. The highest BCUT2D eigenvalue weighted by atomic mass is 16.5. The van der Waals surface area contributed by atoms with Gasteiger partial charge in [-0.25, -0.2) is 4.98 Å². The third kappa shape index (κ3) is 3.44. The first kappa shape index (κ1) is 18.0. The number of likely N-dealkylation sites (tertiary alicyclic amines) is 1. The minimum absolute atomic E-state index is 0.0746. The highest BCUT2D eigenvalue weighted by Crippen LogP contribution is 2.40. The van der Waals surface area contributed by atoms with Gasteiger partial charge in [0.2, 0.25) is 0 Å². The topological polar surface area (TPSA) is 68.6 Å². The summed E-state index contributed by atoms with van der Waals surface area (Å²) in [7, 11) is 3.33. The van der Waals surface area contributed by atoms with E-state index in [1.165, 1.54) is 5.56 Å². The Bertz CT molecular complexity index is 794. The molecule has 0 saturated carbocycles. The average Bonchev–Trinajstić information content (AvgIpc) is 3.19. The number of methoxy groups -OCH3 is 1. The highest BCUT2D eigenvalue weighted by Gasteiger charge is 2.46. The van der Waals surface area contributed by atoms with Crippen LogP contribution in [0.1, 0.15) is 24.2 Å². The minimum Gasteiger partial charge on any atom is -0.497 e. The van der Waals surface area contributed by atoms with Crippen molar-refractivity contribution in [2.75, 3.05) is 27.2 Å². The Balaban J connectivity index is 1.46. The molecule has 1 saturated heterocycles. The molecule has 4 rings (SSSR count). The third-order valence-electron chi connectivity index (χ3n) is 5.62. The number of likely N-dealkylation sites (N-methyl/N-ethyl adjacent to an activating group) is 1. The van der Waals surface area contributed by atoms with Gasteiger partial charge in [0, 0.05) is 39.1 Å². The van der Waals surface area contributed by atoms with Gasteiger partial charge in [-0.1, -0.05) is 12.1 Å². The second-order valence-corrected chi connectivity index (χ2v) is 7.24. The fraction of sp³-hybridized carbons (Fsp3) is 0.500. The summed E-state index contributed by atoms with van der Waals surface area (Å²) in [5.41, 5.74) is 0.788. The van der Waals surface area contributed by atoms with Crippen LogP contribution in [0.5, 0.6) is 5.75 Å². The van der Waals surface area contributed by atoms with Crippen LogP contribution in [0.3, 0.4) is 0 Å². The molecule has 2 aliphatic heterocycles. The molecule has 3 heterocycles. The van der Waals surface area contributed by atoms with E-state index in [1.807, 2.05) is 18.3 Å². The monoisotopic (exact) mass is 370 g/mol. The Labute approximate surface area is 159 Å². The Morgan fingerprint density at radius 1 is 1.33 bits per heavy atom. The zero-order chi connectivity index (χ0) is 18.9. The van der Waals surface area contributed by atoms with Gasteiger partial charge < -0.3 is 19.4 Å². The van der Waals surface area contributed by atoms with Crippen LogP contribution in [0.25, 0.3) is 0 Å². The molecule has 0 aliphatic carbocycles. The number of carbonyl (C=O) groups excluding carboxylic acids is 1. The lowest BCUT2D eigenvalue weighted by Gasteiger charge is -2.45. The van der Waals surface area contributed by atoms with Gasteiger partial charge in [-0.15, -0.1) is 0 Å².